The highest BCUT2D eigenvalue weighted by atomic mass is 15.1. The zero-order chi connectivity index (χ0) is 80.2. The van der Waals surface area contributed by atoms with Gasteiger partial charge in [0.15, 0.2) is 69.9 Å². The number of hydrogen-bond donors (Lipinski definition) is 0. The van der Waals surface area contributed by atoms with Crippen LogP contribution in [0.5, 0.6) is 0 Å². The van der Waals surface area contributed by atoms with E-state index in [-0.39, 0.29) is 0 Å². The van der Waals surface area contributed by atoms with Gasteiger partial charge in [-0.1, -0.05) is 303 Å². The second kappa shape index (κ2) is 34.1. The van der Waals surface area contributed by atoms with Crippen molar-refractivity contribution in [1.82, 2.24) is 89.7 Å². The minimum atomic E-state index is 0.490. The Labute approximate surface area is 690 Å². The lowest BCUT2D eigenvalue weighted by atomic mass is 10.0. The van der Waals surface area contributed by atoms with E-state index in [9.17, 15) is 0 Å². The number of nitrogens with zero attached hydrogens (tertiary/aromatic N) is 18. The van der Waals surface area contributed by atoms with Crippen molar-refractivity contribution in [2.24, 2.45) is 0 Å². The molecule has 10 heterocycles. The van der Waals surface area contributed by atoms with Crippen LogP contribution >= 0.6 is 0 Å². The maximum atomic E-state index is 5.22. The highest BCUT2D eigenvalue weighted by Gasteiger charge is 2.23. The van der Waals surface area contributed by atoms with Crippen LogP contribution in [0.4, 0.5) is 0 Å². The van der Waals surface area contributed by atoms with Crippen molar-refractivity contribution in [1.29, 1.82) is 0 Å². The topological polar surface area (TPSA) is 232 Å². The van der Waals surface area contributed by atoms with Gasteiger partial charge in [0.05, 0.1) is 45.6 Å². The first-order valence-corrected chi connectivity index (χ1v) is 38.9. The molecule has 18 heteroatoms. The summed E-state index contributed by atoms with van der Waals surface area (Å²) in [6.07, 6.45) is 7.09. The van der Waals surface area contributed by atoms with Crippen LogP contribution in [0.25, 0.3) is 204 Å². The monoisotopic (exact) mass is 1540 g/mol. The smallest absolute Gasteiger partial charge is 0.166 e. The van der Waals surface area contributed by atoms with Gasteiger partial charge >= 0.3 is 0 Å². The molecule has 0 fully saturated rings. The fourth-order valence-electron chi connectivity index (χ4n) is 13.8. The van der Waals surface area contributed by atoms with Gasteiger partial charge in [0.1, 0.15) is 0 Å². The molecule has 0 spiro atoms. The van der Waals surface area contributed by atoms with Gasteiger partial charge in [-0.25, -0.2) is 69.8 Å². The summed E-state index contributed by atoms with van der Waals surface area (Å²) in [6.45, 7) is 0. The Bertz CT molecular complexity index is 6560. The lowest BCUT2D eigenvalue weighted by Crippen LogP contribution is -2.02. The molecule has 0 aliphatic carbocycles. The van der Waals surface area contributed by atoms with Crippen molar-refractivity contribution >= 4 is 0 Å². The summed E-state index contributed by atoms with van der Waals surface area (Å²) >= 11 is 0. The average Bonchev–Trinajstić information content (AvgIpc) is 0.778. The Morgan fingerprint density at radius 3 is 0.675 bits per heavy atom. The van der Waals surface area contributed by atoms with Crippen LogP contribution in [0.3, 0.4) is 0 Å². The predicted molar refractivity (Wildman–Crippen MR) is 471 cm³/mol. The molecule has 120 heavy (non-hydrogen) atoms. The molecule has 0 aliphatic rings. The lowest BCUT2D eigenvalue weighted by molar-refractivity contribution is 1.07. The van der Waals surface area contributed by atoms with Crippen LogP contribution in [-0.4, -0.2) is 89.7 Å². The van der Waals surface area contributed by atoms with E-state index in [2.05, 4.69) is 48.5 Å². The molecule has 20 rings (SSSR count). The van der Waals surface area contributed by atoms with Crippen LogP contribution in [0, 0.1) is 0 Å². The summed E-state index contributed by atoms with van der Waals surface area (Å²) in [5, 5.41) is 0. The van der Waals surface area contributed by atoms with Gasteiger partial charge in [-0.15, -0.1) is 0 Å². The van der Waals surface area contributed by atoms with Crippen LogP contribution in [-0.2, 0) is 0 Å². The molecule has 0 atom stereocenters. The minimum Gasteiger partial charge on any atom is -0.255 e. The highest BCUT2D eigenvalue weighted by Crippen LogP contribution is 2.38. The third kappa shape index (κ3) is 16.5. The van der Waals surface area contributed by atoms with Crippen LogP contribution in [0.15, 0.2) is 401 Å². The summed E-state index contributed by atoms with van der Waals surface area (Å²) in [7, 11) is 0. The molecule has 20 aromatic rings. The Kier molecular flexibility index (Phi) is 20.8. The van der Waals surface area contributed by atoms with Crippen molar-refractivity contribution in [3.63, 3.8) is 0 Å². The third-order valence-corrected chi connectivity index (χ3v) is 19.8. The van der Waals surface area contributed by atoms with Crippen LogP contribution in [0.1, 0.15) is 0 Å². The largest absolute Gasteiger partial charge is 0.255 e. The maximum Gasteiger partial charge on any atom is 0.166 e. The molecule has 0 saturated heterocycles. The summed E-state index contributed by atoms with van der Waals surface area (Å²) < 4.78 is 0. The Balaban J connectivity index is 0.000000159. The van der Waals surface area contributed by atoms with Crippen molar-refractivity contribution < 1.29 is 0 Å². The molecule has 0 aliphatic heterocycles. The molecule has 10 aromatic heterocycles. The van der Waals surface area contributed by atoms with E-state index in [4.69, 9.17) is 89.7 Å². The summed E-state index contributed by atoms with van der Waals surface area (Å²) in [5.41, 5.74) is 19.4. The van der Waals surface area contributed by atoms with Gasteiger partial charge in [0.2, 0.25) is 0 Å². The molecule has 0 amide bonds. The van der Waals surface area contributed by atoms with E-state index in [1.807, 2.05) is 328 Å². The Hall–Kier alpha value is -16.9. The van der Waals surface area contributed by atoms with E-state index in [0.29, 0.717) is 115 Å². The van der Waals surface area contributed by atoms with Gasteiger partial charge in [0.25, 0.3) is 0 Å². The van der Waals surface area contributed by atoms with Crippen molar-refractivity contribution in [3.05, 3.63) is 401 Å². The summed E-state index contributed by atoms with van der Waals surface area (Å²) in [6, 6.07) is 124. The second-order valence-corrected chi connectivity index (χ2v) is 27.8. The zero-order valence-electron chi connectivity index (χ0n) is 64.2. The number of aromatic nitrogens is 18. The molecule has 0 saturated carbocycles. The van der Waals surface area contributed by atoms with Crippen LogP contribution in [0.2, 0.25) is 0 Å². The molecule has 0 radical (unpaired) electrons. The molecule has 18 nitrogen and oxygen atoms in total. The van der Waals surface area contributed by atoms with Gasteiger partial charge < -0.3 is 0 Å². The molecular formula is C102H66N18. The van der Waals surface area contributed by atoms with Crippen LogP contribution < -0.4 is 0 Å². The second-order valence-electron chi connectivity index (χ2n) is 27.8. The van der Waals surface area contributed by atoms with Gasteiger partial charge in [0, 0.05) is 91.5 Å². The molecule has 0 N–H and O–H groups in total. The number of hydrogen-bond acceptors (Lipinski definition) is 18. The van der Waals surface area contributed by atoms with E-state index in [0.717, 1.165) is 89.0 Å². The highest BCUT2D eigenvalue weighted by molar-refractivity contribution is 5.84. The van der Waals surface area contributed by atoms with Crippen molar-refractivity contribution in [2.45, 2.75) is 0 Å². The molecular weight excluding hydrogens is 1480 g/mol. The quantitative estimate of drug-likeness (QED) is 0.0777. The van der Waals surface area contributed by atoms with E-state index < -0.39 is 0 Å². The van der Waals surface area contributed by atoms with Crippen molar-refractivity contribution in [2.75, 3.05) is 0 Å². The van der Waals surface area contributed by atoms with Gasteiger partial charge in [-0.3, -0.25) is 19.9 Å². The maximum absolute atomic E-state index is 5.22. The summed E-state index contributed by atoms with van der Waals surface area (Å²) in [5.74, 6) is 6.70. The first-order chi connectivity index (χ1) is 59.4. The van der Waals surface area contributed by atoms with Gasteiger partial charge in [-0.05, 0) is 95.1 Å². The average molecular weight is 1540 g/mol. The predicted octanol–water partition coefficient (Wildman–Crippen LogP) is 22.5. The van der Waals surface area contributed by atoms with E-state index in [1.165, 1.54) is 0 Å². The van der Waals surface area contributed by atoms with E-state index >= 15 is 0 Å². The number of rotatable bonds is 18. The molecule has 0 bridgehead atoms. The molecule has 10 aromatic carbocycles. The van der Waals surface area contributed by atoms with E-state index in [1.54, 1.807) is 24.8 Å². The standard InChI is InChI=1S/2C51H33N9/c1-6-17-34(18-7-1)40-31-43(42-29-28-39(33-53-42)50-57-46(35-19-8-2-9-20-35)55-47(58-50)36-21-10-3-11-22-36)54-44(32-40)45-41(27-16-30-52-45)51-59-48(37-23-12-4-13-24-37)56-49(60-51)38-25-14-5-15-26-38;1-6-16-34(17-7-1)41-32-44(42-30-39(26-28-52-42)50-57-46(35-18-8-2-9-19-35)55-47(58-50)36-20-10-3-11-21-36)54-45(33-41)43-31-40(27-29-53-43)51-59-48(37-22-12-4-13-23-37)56-49(60-51)38-24-14-5-15-25-38/h2*1-33H. The normalized spacial score (nSPS) is 11.0. The van der Waals surface area contributed by atoms with Crippen molar-refractivity contribution in [3.8, 4) is 204 Å². The lowest BCUT2D eigenvalue weighted by Gasteiger charge is -2.13. The first kappa shape index (κ1) is 73.3. The first-order valence-electron chi connectivity index (χ1n) is 38.9. The third-order valence-electron chi connectivity index (χ3n) is 19.8. The Morgan fingerprint density at radius 1 is 0.125 bits per heavy atom. The fourth-order valence-corrected chi connectivity index (χ4v) is 13.8. The SMILES string of the molecule is c1ccc(-c2cc(-c3cc(-c4nc(-c5ccccc5)nc(-c5ccccc5)n4)ccn3)nc(-c3cc(-c4nc(-c5ccccc5)nc(-c5ccccc5)n4)ccn3)c2)cc1.c1ccc(-c2cc(-c3ccc(-c4nc(-c5ccccc5)nc(-c5ccccc5)n4)cn3)nc(-c3ncccc3-c3nc(-c4ccccc4)nc(-c4ccccc4)n3)c2)cc1. The summed E-state index contributed by atoms with van der Waals surface area (Å²) in [4.78, 5) is 89.1. The Morgan fingerprint density at radius 2 is 0.375 bits per heavy atom. The fraction of sp³-hybridized carbons (Fsp3) is 0. The number of benzene rings is 10. The van der Waals surface area contributed by atoms with Gasteiger partial charge in [-0.2, -0.15) is 0 Å². The number of pyridine rings is 6. The zero-order valence-corrected chi connectivity index (χ0v) is 64.2. The minimum absolute atomic E-state index is 0.490. The molecule has 564 valence electrons. The molecule has 0 unspecified atom stereocenters.